The molecule has 0 saturated carbocycles. The van der Waals surface area contributed by atoms with Crippen LogP contribution in [-0.2, 0) is 13.0 Å². The van der Waals surface area contributed by atoms with Crippen molar-refractivity contribution in [2.45, 2.75) is 26.3 Å². The zero-order chi connectivity index (χ0) is 9.10. The second kappa shape index (κ2) is 3.93. The lowest BCUT2D eigenvalue weighted by molar-refractivity contribution is 0.467. The van der Waals surface area contributed by atoms with Crippen molar-refractivity contribution in [1.29, 1.82) is 0 Å². The average molecular weight is 175 g/mol. The van der Waals surface area contributed by atoms with Crippen molar-refractivity contribution in [3.05, 3.63) is 35.4 Å². The van der Waals surface area contributed by atoms with Crippen LogP contribution in [0.4, 0.5) is 0 Å². The van der Waals surface area contributed by atoms with E-state index < -0.39 is 0 Å². The van der Waals surface area contributed by atoms with Gasteiger partial charge in [0, 0.05) is 6.54 Å². The van der Waals surface area contributed by atoms with Gasteiger partial charge in [-0.15, -0.1) is 0 Å². The summed E-state index contributed by atoms with van der Waals surface area (Å²) >= 11 is 0. The summed E-state index contributed by atoms with van der Waals surface area (Å²) < 4.78 is 0. The summed E-state index contributed by atoms with van der Waals surface area (Å²) in [6.45, 7) is 4.52. The maximum Gasteiger partial charge on any atom is 0.0208 e. The summed E-state index contributed by atoms with van der Waals surface area (Å²) in [7, 11) is 0. The standard InChI is InChI=1S/C12H17N/c1-10-6-7-11-4-2-3-5-12(11)9-13-8-10/h2-5,10,13H,6-9H2,1H3. The van der Waals surface area contributed by atoms with Gasteiger partial charge in [0.15, 0.2) is 0 Å². The highest BCUT2D eigenvalue weighted by atomic mass is 14.9. The molecule has 1 nitrogen and oxygen atoms in total. The molecule has 0 fully saturated rings. The summed E-state index contributed by atoms with van der Waals surface area (Å²) in [4.78, 5) is 0. The minimum Gasteiger partial charge on any atom is -0.312 e. The van der Waals surface area contributed by atoms with Crippen molar-refractivity contribution in [1.82, 2.24) is 5.32 Å². The van der Waals surface area contributed by atoms with Crippen molar-refractivity contribution in [3.63, 3.8) is 0 Å². The Bertz CT molecular complexity index is 280. The highest BCUT2D eigenvalue weighted by Gasteiger charge is 2.09. The van der Waals surface area contributed by atoms with Gasteiger partial charge in [0.1, 0.15) is 0 Å². The maximum absolute atomic E-state index is 3.49. The van der Waals surface area contributed by atoms with E-state index in [2.05, 4.69) is 36.5 Å². The first-order valence-corrected chi connectivity index (χ1v) is 5.14. The van der Waals surface area contributed by atoms with E-state index in [0.29, 0.717) is 0 Å². The molecule has 0 saturated heterocycles. The van der Waals surface area contributed by atoms with Gasteiger partial charge in [0.05, 0.1) is 0 Å². The number of nitrogens with one attached hydrogen (secondary N) is 1. The highest BCUT2D eigenvalue weighted by molar-refractivity contribution is 5.27. The van der Waals surface area contributed by atoms with E-state index in [4.69, 9.17) is 0 Å². The van der Waals surface area contributed by atoms with E-state index in [1.54, 1.807) is 0 Å². The van der Waals surface area contributed by atoms with Gasteiger partial charge in [0.25, 0.3) is 0 Å². The topological polar surface area (TPSA) is 12.0 Å². The molecule has 1 atom stereocenters. The van der Waals surface area contributed by atoms with Crippen molar-refractivity contribution in [2.24, 2.45) is 5.92 Å². The van der Waals surface area contributed by atoms with Crippen LogP contribution in [0, 0.1) is 5.92 Å². The van der Waals surface area contributed by atoms with Gasteiger partial charge in [-0.25, -0.2) is 0 Å². The van der Waals surface area contributed by atoms with Crippen LogP contribution in [0.3, 0.4) is 0 Å². The number of hydrogen-bond acceptors (Lipinski definition) is 1. The number of hydrogen-bond donors (Lipinski definition) is 1. The zero-order valence-corrected chi connectivity index (χ0v) is 8.22. The molecule has 70 valence electrons. The lowest BCUT2D eigenvalue weighted by atomic mass is 9.95. The van der Waals surface area contributed by atoms with Crippen LogP contribution < -0.4 is 5.32 Å². The summed E-state index contributed by atoms with van der Waals surface area (Å²) in [5.74, 6) is 0.813. The molecule has 1 aromatic rings. The minimum absolute atomic E-state index is 0.813. The number of rotatable bonds is 0. The largest absolute Gasteiger partial charge is 0.312 e. The molecule has 1 aromatic carbocycles. The van der Waals surface area contributed by atoms with E-state index in [0.717, 1.165) is 19.0 Å². The van der Waals surface area contributed by atoms with E-state index in [-0.39, 0.29) is 0 Å². The lowest BCUT2D eigenvalue weighted by Crippen LogP contribution is -2.24. The van der Waals surface area contributed by atoms with Crippen LogP contribution in [0.5, 0.6) is 0 Å². The molecule has 2 rings (SSSR count). The summed E-state index contributed by atoms with van der Waals surface area (Å²) in [5, 5.41) is 3.49. The van der Waals surface area contributed by atoms with Gasteiger partial charge in [-0.2, -0.15) is 0 Å². The molecule has 1 aliphatic heterocycles. The Hall–Kier alpha value is -0.820. The predicted molar refractivity (Wildman–Crippen MR) is 55.6 cm³/mol. The molecular weight excluding hydrogens is 158 g/mol. The van der Waals surface area contributed by atoms with Gasteiger partial charge in [-0.3, -0.25) is 0 Å². The number of fused-ring (bicyclic) bond motifs is 1. The quantitative estimate of drug-likeness (QED) is 0.638. The van der Waals surface area contributed by atoms with Crippen LogP contribution in [0.1, 0.15) is 24.5 Å². The third-order valence-corrected chi connectivity index (χ3v) is 2.83. The first-order chi connectivity index (χ1) is 6.36. The molecule has 1 heterocycles. The Kier molecular flexibility index (Phi) is 2.65. The molecule has 0 amide bonds. The second-order valence-corrected chi connectivity index (χ2v) is 4.04. The van der Waals surface area contributed by atoms with Gasteiger partial charge < -0.3 is 5.32 Å². The Labute approximate surface area is 80.2 Å². The molecule has 0 radical (unpaired) electrons. The normalized spacial score (nSPS) is 23.0. The highest BCUT2D eigenvalue weighted by Crippen LogP contribution is 2.16. The van der Waals surface area contributed by atoms with Crippen LogP contribution >= 0.6 is 0 Å². The van der Waals surface area contributed by atoms with Gasteiger partial charge >= 0.3 is 0 Å². The smallest absolute Gasteiger partial charge is 0.0208 e. The third kappa shape index (κ3) is 2.10. The van der Waals surface area contributed by atoms with E-state index in [9.17, 15) is 0 Å². The Balaban J connectivity index is 2.20. The average Bonchev–Trinajstić information content (AvgIpc) is 2.13. The van der Waals surface area contributed by atoms with Crippen molar-refractivity contribution >= 4 is 0 Å². The van der Waals surface area contributed by atoms with Gasteiger partial charge in [-0.05, 0) is 36.4 Å². The van der Waals surface area contributed by atoms with E-state index in [1.165, 1.54) is 24.0 Å². The van der Waals surface area contributed by atoms with Gasteiger partial charge in [-0.1, -0.05) is 31.2 Å². The number of aryl methyl sites for hydroxylation is 1. The fourth-order valence-corrected chi connectivity index (χ4v) is 1.93. The maximum atomic E-state index is 3.49. The summed E-state index contributed by atoms with van der Waals surface area (Å²) in [5.41, 5.74) is 3.01. The molecule has 1 unspecified atom stereocenters. The van der Waals surface area contributed by atoms with Crippen molar-refractivity contribution in [2.75, 3.05) is 6.54 Å². The predicted octanol–water partition coefficient (Wildman–Crippen LogP) is 2.36. The SMILES string of the molecule is CC1CCc2ccccc2CNC1. The monoisotopic (exact) mass is 175 g/mol. The third-order valence-electron chi connectivity index (χ3n) is 2.83. The second-order valence-electron chi connectivity index (χ2n) is 4.04. The molecule has 1 heteroatoms. The number of benzene rings is 1. The summed E-state index contributed by atoms with van der Waals surface area (Å²) in [6.07, 6.45) is 2.56. The van der Waals surface area contributed by atoms with Crippen LogP contribution in [0.25, 0.3) is 0 Å². The molecule has 1 N–H and O–H groups in total. The van der Waals surface area contributed by atoms with Gasteiger partial charge in [0.2, 0.25) is 0 Å². The van der Waals surface area contributed by atoms with Crippen molar-refractivity contribution in [3.8, 4) is 0 Å². The Morgan fingerprint density at radius 1 is 1.23 bits per heavy atom. The first-order valence-electron chi connectivity index (χ1n) is 5.14. The zero-order valence-electron chi connectivity index (χ0n) is 8.22. The molecule has 0 aromatic heterocycles. The van der Waals surface area contributed by atoms with Crippen LogP contribution in [-0.4, -0.2) is 6.54 Å². The Morgan fingerprint density at radius 2 is 2.00 bits per heavy atom. The lowest BCUT2D eigenvalue weighted by Gasteiger charge is -2.19. The molecule has 0 bridgehead atoms. The molecule has 13 heavy (non-hydrogen) atoms. The molecule has 1 aliphatic rings. The first kappa shape index (κ1) is 8.76. The van der Waals surface area contributed by atoms with E-state index in [1.807, 2.05) is 0 Å². The molecule has 0 spiro atoms. The van der Waals surface area contributed by atoms with E-state index >= 15 is 0 Å². The summed E-state index contributed by atoms with van der Waals surface area (Å²) in [6, 6.07) is 8.77. The fraction of sp³-hybridized carbons (Fsp3) is 0.500. The molecule has 0 aliphatic carbocycles. The van der Waals surface area contributed by atoms with Crippen LogP contribution in [0.15, 0.2) is 24.3 Å². The molecular formula is C12H17N. The fourth-order valence-electron chi connectivity index (χ4n) is 1.93. The minimum atomic E-state index is 0.813. The van der Waals surface area contributed by atoms with Crippen molar-refractivity contribution < 1.29 is 0 Å². The Morgan fingerprint density at radius 3 is 2.85 bits per heavy atom. The van der Waals surface area contributed by atoms with Crippen LogP contribution in [0.2, 0.25) is 0 Å².